The Hall–Kier alpha value is -1.55. The Labute approximate surface area is 116 Å². The fraction of sp³-hybridized carbons (Fsp3) is 0.455. The summed E-state index contributed by atoms with van der Waals surface area (Å²) in [6.45, 7) is 1.39. The van der Waals surface area contributed by atoms with Crippen LogP contribution in [0.25, 0.3) is 0 Å². The maximum absolute atomic E-state index is 11.8. The van der Waals surface area contributed by atoms with Crippen molar-refractivity contribution >= 4 is 15.7 Å². The fourth-order valence-electron chi connectivity index (χ4n) is 1.38. The van der Waals surface area contributed by atoms with Crippen molar-refractivity contribution in [2.75, 3.05) is 6.54 Å². The molecule has 1 aromatic rings. The van der Waals surface area contributed by atoms with Gasteiger partial charge in [-0.2, -0.15) is 0 Å². The molecule has 1 aromatic carbocycles. The number of hydrogen-bond acceptors (Lipinski definition) is 6. The molecule has 0 bridgehead atoms. The minimum Gasteiger partial charge on any atom is -0.392 e. The first-order valence-corrected chi connectivity index (χ1v) is 7.51. The summed E-state index contributed by atoms with van der Waals surface area (Å²) < 4.78 is 25.8. The van der Waals surface area contributed by atoms with Crippen molar-refractivity contribution in [1.82, 2.24) is 4.72 Å². The molecule has 0 fully saturated rings. The van der Waals surface area contributed by atoms with Gasteiger partial charge in [-0.1, -0.05) is 12.1 Å². The predicted octanol–water partition coefficient (Wildman–Crippen LogP) is -0.278. The van der Waals surface area contributed by atoms with Crippen molar-refractivity contribution in [2.45, 2.75) is 24.8 Å². The Morgan fingerprint density at radius 3 is 2.40 bits per heavy atom. The molecule has 1 rings (SSSR count). The van der Waals surface area contributed by atoms with E-state index < -0.39 is 27.1 Å². The first-order valence-electron chi connectivity index (χ1n) is 5.85. The lowest BCUT2D eigenvalue weighted by molar-refractivity contribution is -0.384. The molecule has 0 radical (unpaired) electrons. The van der Waals surface area contributed by atoms with E-state index in [1.165, 1.54) is 31.2 Å². The van der Waals surface area contributed by atoms with E-state index in [-0.39, 0.29) is 18.0 Å². The number of hydrogen-bond donors (Lipinski definition) is 3. The number of nitro benzene ring substituents is 1. The molecule has 0 aliphatic heterocycles. The Morgan fingerprint density at radius 2 is 1.95 bits per heavy atom. The number of non-ortho nitro benzene ring substituents is 1. The Morgan fingerprint density at radius 1 is 1.40 bits per heavy atom. The summed E-state index contributed by atoms with van der Waals surface area (Å²) in [5.41, 5.74) is 5.84. The largest absolute Gasteiger partial charge is 0.392 e. The summed E-state index contributed by atoms with van der Waals surface area (Å²) in [5, 5.41) is 19.6. The first kappa shape index (κ1) is 16.5. The number of aliphatic hydroxyl groups excluding tert-OH is 1. The van der Waals surface area contributed by atoms with Crippen LogP contribution in [0, 0.1) is 10.1 Å². The van der Waals surface area contributed by atoms with E-state index in [0.717, 1.165) is 0 Å². The Bertz CT molecular complexity index is 556. The van der Waals surface area contributed by atoms with Crippen molar-refractivity contribution in [2.24, 2.45) is 5.73 Å². The van der Waals surface area contributed by atoms with Gasteiger partial charge in [-0.3, -0.25) is 10.1 Å². The van der Waals surface area contributed by atoms with Crippen LogP contribution in [0.5, 0.6) is 0 Å². The number of nitrogens with two attached hydrogens (primary N) is 1. The monoisotopic (exact) mass is 303 g/mol. The third-order valence-corrected chi connectivity index (χ3v) is 3.98. The number of nitro groups is 1. The van der Waals surface area contributed by atoms with Crippen LogP contribution in [0.3, 0.4) is 0 Å². The predicted molar refractivity (Wildman–Crippen MR) is 73.4 cm³/mol. The van der Waals surface area contributed by atoms with E-state index in [1.54, 1.807) is 0 Å². The molecule has 0 aliphatic carbocycles. The molecule has 0 aromatic heterocycles. The van der Waals surface area contributed by atoms with Gasteiger partial charge in [-0.25, -0.2) is 13.1 Å². The normalized spacial score (nSPS) is 14.8. The molecule has 4 N–H and O–H groups in total. The van der Waals surface area contributed by atoms with Gasteiger partial charge in [0.2, 0.25) is 10.0 Å². The van der Waals surface area contributed by atoms with E-state index in [1.807, 2.05) is 0 Å². The van der Waals surface area contributed by atoms with Crippen LogP contribution in [-0.2, 0) is 15.8 Å². The van der Waals surface area contributed by atoms with Gasteiger partial charge >= 0.3 is 0 Å². The van der Waals surface area contributed by atoms with Crippen molar-refractivity contribution in [3.05, 3.63) is 39.9 Å². The zero-order valence-corrected chi connectivity index (χ0v) is 11.7. The highest BCUT2D eigenvalue weighted by molar-refractivity contribution is 7.88. The molecule has 2 atom stereocenters. The summed E-state index contributed by atoms with van der Waals surface area (Å²) in [6.07, 6.45) is -0.822. The second-order valence-corrected chi connectivity index (χ2v) is 6.24. The van der Waals surface area contributed by atoms with E-state index >= 15 is 0 Å². The van der Waals surface area contributed by atoms with Crippen LogP contribution in [-0.4, -0.2) is 37.1 Å². The number of sulfonamides is 1. The highest BCUT2D eigenvalue weighted by Gasteiger charge is 2.16. The summed E-state index contributed by atoms with van der Waals surface area (Å²) >= 11 is 0. The zero-order valence-electron chi connectivity index (χ0n) is 10.9. The van der Waals surface area contributed by atoms with E-state index in [2.05, 4.69) is 4.72 Å². The summed E-state index contributed by atoms with van der Waals surface area (Å²) in [7, 11) is -3.61. The molecule has 8 nitrogen and oxygen atoms in total. The Kier molecular flexibility index (Phi) is 5.57. The molecule has 0 amide bonds. The number of nitrogens with zero attached hydrogens (tertiary/aromatic N) is 1. The van der Waals surface area contributed by atoms with Gasteiger partial charge in [0.25, 0.3) is 5.69 Å². The maximum Gasteiger partial charge on any atom is 0.269 e. The summed E-state index contributed by atoms with van der Waals surface area (Å²) in [4.78, 5) is 9.92. The van der Waals surface area contributed by atoms with Crippen LogP contribution < -0.4 is 10.5 Å². The van der Waals surface area contributed by atoms with Gasteiger partial charge in [0.1, 0.15) is 0 Å². The molecule has 0 saturated heterocycles. The molecule has 20 heavy (non-hydrogen) atoms. The smallest absolute Gasteiger partial charge is 0.269 e. The van der Waals surface area contributed by atoms with E-state index in [4.69, 9.17) is 10.8 Å². The topological polar surface area (TPSA) is 136 Å². The van der Waals surface area contributed by atoms with Crippen molar-refractivity contribution < 1.29 is 18.4 Å². The molecule has 0 saturated carbocycles. The lowest BCUT2D eigenvalue weighted by Crippen LogP contribution is -2.43. The Balaban J connectivity index is 2.64. The van der Waals surface area contributed by atoms with Crippen molar-refractivity contribution in [3.8, 4) is 0 Å². The first-order chi connectivity index (χ1) is 9.21. The highest BCUT2D eigenvalue weighted by atomic mass is 32.2. The number of rotatable bonds is 7. The quantitative estimate of drug-likeness (QED) is 0.468. The van der Waals surface area contributed by atoms with Crippen LogP contribution in [0.1, 0.15) is 12.5 Å². The molecule has 0 heterocycles. The lowest BCUT2D eigenvalue weighted by Gasteiger charge is -2.15. The van der Waals surface area contributed by atoms with Crippen LogP contribution in [0.4, 0.5) is 5.69 Å². The van der Waals surface area contributed by atoms with Crippen molar-refractivity contribution in [3.63, 3.8) is 0 Å². The van der Waals surface area contributed by atoms with Crippen LogP contribution in [0.15, 0.2) is 24.3 Å². The van der Waals surface area contributed by atoms with Crippen LogP contribution in [0.2, 0.25) is 0 Å². The number of nitrogens with one attached hydrogen (secondary N) is 1. The fourth-order valence-corrected chi connectivity index (χ4v) is 2.56. The number of benzene rings is 1. The summed E-state index contributed by atoms with van der Waals surface area (Å²) in [5.74, 6) is -0.308. The zero-order chi connectivity index (χ0) is 15.3. The minimum absolute atomic E-state index is 0.0764. The van der Waals surface area contributed by atoms with Crippen molar-refractivity contribution in [1.29, 1.82) is 0 Å². The van der Waals surface area contributed by atoms with Gasteiger partial charge in [-0.15, -0.1) is 0 Å². The molecule has 2 unspecified atom stereocenters. The second kappa shape index (κ2) is 6.75. The molecule has 0 spiro atoms. The van der Waals surface area contributed by atoms with Gasteiger partial charge in [0.15, 0.2) is 0 Å². The van der Waals surface area contributed by atoms with Gasteiger partial charge in [0, 0.05) is 24.7 Å². The van der Waals surface area contributed by atoms with Gasteiger partial charge < -0.3 is 10.8 Å². The average molecular weight is 303 g/mol. The lowest BCUT2D eigenvalue weighted by atomic mass is 10.2. The second-order valence-electron chi connectivity index (χ2n) is 4.44. The molecule has 112 valence electrons. The molecule has 0 aliphatic rings. The molecule has 9 heteroatoms. The molecular formula is C11H17N3O5S. The van der Waals surface area contributed by atoms with E-state index in [0.29, 0.717) is 5.56 Å². The van der Waals surface area contributed by atoms with E-state index in [9.17, 15) is 18.5 Å². The minimum atomic E-state index is -3.61. The highest BCUT2D eigenvalue weighted by Crippen LogP contribution is 2.13. The average Bonchev–Trinajstić information content (AvgIpc) is 2.36. The SMILES string of the molecule is CC(O)C(N)CNS(=O)(=O)Cc1ccc([N+](=O)[O-])cc1. The van der Waals surface area contributed by atoms with Gasteiger partial charge in [-0.05, 0) is 12.5 Å². The third-order valence-electron chi connectivity index (χ3n) is 2.66. The summed E-state index contributed by atoms with van der Waals surface area (Å²) in [6, 6.07) is 4.55. The van der Waals surface area contributed by atoms with Crippen LogP contribution >= 0.6 is 0 Å². The number of aliphatic hydroxyl groups is 1. The third kappa shape index (κ3) is 5.21. The van der Waals surface area contributed by atoms with Gasteiger partial charge in [0.05, 0.1) is 16.8 Å². The molecular weight excluding hydrogens is 286 g/mol. The standard InChI is InChI=1S/C11H17N3O5S/c1-8(15)11(12)6-13-20(18,19)7-9-2-4-10(5-3-9)14(16)17/h2-5,8,11,13,15H,6-7,12H2,1H3. The maximum atomic E-state index is 11.8.